The van der Waals surface area contributed by atoms with E-state index in [9.17, 15) is 24.6 Å². The highest BCUT2D eigenvalue weighted by Crippen LogP contribution is 2.56. The Morgan fingerprint density at radius 2 is 1.66 bits per heavy atom. The lowest BCUT2D eigenvalue weighted by Gasteiger charge is -2.44. The minimum absolute atomic E-state index is 0.0649. The molecule has 2 amide bonds. The van der Waals surface area contributed by atoms with Crippen molar-refractivity contribution >= 4 is 51.4 Å². The third kappa shape index (κ3) is 10.8. The van der Waals surface area contributed by atoms with Gasteiger partial charge in [-0.2, -0.15) is 4.98 Å². The number of β-amino-alcohol motifs (C(OH)–C–C–N with tert-alkyl or cyclic N) is 1. The van der Waals surface area contributed by atoms with Gasteiger partial charge in [-0.1, -0.05) is 101 Å². The smallest absolute Gasteiger partial charge is 0.282 e. The fraction of sp³-hybridized carbons (Fsp3) is 0.629. The molecule has 2 aromatic carbocycles. The predicted octanol–water partition coefficient (Wildman–Crippen LogP) is 10.0. The van der Waals surface area contributed by atoms with Crippen LogP contribution in [0.2, 0.25) is 5.02 Å². The Morgan fingerprint density at radius 3 is 2.34 bits per heavy atom. The number of rotatable bonds is 12. The molecule has 7 aliphatic rings. The van der Waals surface area contributed by atoms with Gasteiger partial charge in [0.15, 0.2) is 0 Å². The lowest BCUT2D eigenvalue weighted by molar-refractivity contribution is -0.143. The van der Waals surface area contributed by atoms with Crippen molar-refractivity contribution < 1.29 is 19.8 Å². The maximum atomic E-state index is 14.5. The Balaban J connectivity index is 0.646. The zero-order valence-electron chi connectivity index (χ0n) is 46.4. The quantitative estimate of drug-likeness (QED) is 0.101. The van der Waals surface area contributed by atoms with Gasteiger partial charge in [-0.25, -0.2) is 4.98 Å². The summed E-state index contributed by atoms with van der Waals surface area (Å²) in [6.45, 7) is 18.0. The summed E-state index contributed by atoms with van der Waals surface area (Å²) in [5.41, 5.74) is 9.27. The van der Waals surface area contributed by atoms with E-state index in [0.29, 0.717) is 34.2 Å². The van der Waals surface area contributed by atoms with Crippen LogP contribution in [-0.4, -0.2) is 121 Å². The van der Waals surface area contributed by atoms with Crippen LogP contribution in [0, 0.1) is 36.0 Å². The van der Waals surface area contributed by atoms with Gasteiger partial charge in [-0.15, -0.1) is 11.3 Å². The van der Waals surface area contributed by atoms with Gasteiger partial charge in [-0.05, 0) is 169 Å². The molecule has 4 aromatic rings. The van der Waals surface area contributed by atoms with Crippen LogP contribution in [0.15, 0.2) is 70.0 Å². The van der Waals surface area contributed by atoms with Crippen LogP contribution in [0.3, 0.4) is 0 Å². The number of fused-ring (bicyclic) bond motifs is 6. The number of aromatic nitrogens is 3. The molecule has 5 fully saturated rings. The standard InChI is InChI=1S/C62H83ClN8O5S/c1-37-31-51-48(62(25-8-7-9-26-62)60-67-58(75)53-49(63)11-10-12-50(53)71(51)60)33-47(37)42-21-29-69(30-22-42)45-23-27-68(28-24-45)34-40-13-15-44(16-14-40)56(73)66-55(61(4,5)6)59(76)70-35-46(72)32-52(70)57(74)65-38(2)41-17-19-43(20-18-41)54-39(3)64-36-77-54/h10-12,17-20,33,36-38,40,42,44-46,52,55,57,65,72,74H,7-9,13-16,21-32,34-35H2,1-6H3,(H,66,73)/t37?,38-,40?,44?,46+,52-,55+,57?/m0/s1. The first-order valence-electron chi connectivity index (χ1n) is 29.3. The number of amides is 2. The molecule has 15 heteroatoms. The molecule has 3 aliphatic carbocycles. The number of aliphatic hydroxyl groups excluding tert-OH is 2. The summed E-state index contributed by atoms with van der Waals surface area (Å²) in [6.07, 6.45) is 16.0. The third-order valence-corrected chi connectivity index (χ3v) is 20.8. The molecule has 414 valence electrons. The number of nitrogens with zero attached hydrogens (tertiary/aromatic N) is 6. The van der Waals surface area contributed by atoms with E-state index in [2.05, 4.69) is 61.2 Å². The molecular formula is C62H83ClN8O5S. The molecule has 1 spiro atoms. The summed E-state index contributed by atoms with van der Waals surface area (Å²) in [5.74, 6) is 2.05. The number of likely N-dealkylation sites (tertiary alicyclic amines) is 3. The Morgan fingerprint density at radius 1 is 0.948 bits per heavy atom. The topological polar surface area (TPSA) is 156 Å². The summed E-state index contributed by atoms with van der Waals surface area (Å²) in [5, 5.41) is 30.0. The summed E-state index contributed by atoms with van der Waals surface area (Å²) >= 11 is 8.27. The molecular weight excluding hydrogens is 1000 g/mol. The Kier molecular flexibility index (Phi) is 15.9. The van der Waals surface area contributed by atoms with Gasteiger partial charge in [0.25, 0.3) is 5.56 Å². The predicted molar refractivity (Wildman–Crippen MR) is 307 cm³/mol. The van der Waals surface area contributed by atoms with E-state index in [0.717, 1.165) is 124 Å². The van der Waals surface area contributed by atoms with Gasteiger partial charge in [0.1, 0.15) is 18.1 Å². The number of nitrogens with one attached hydrogen (secondary N) is 2. The number of benzene rings is 2. The van der Waals surface area contributed by atoms with Gasteiger partial charge >= 0.3 is 0 Å². The first-order chi connectivity index (χ1) is 37.0. The number of allylic oxidation sites excluding steroid dienone is 4. The van der Waals surface area contributed by atoms with E-state index in [4.69, 9.17) is 16.6 Å². The van der Waals surface area contributed by atoms with Crippen molar-refractivity contribution in [1.82, 2.24) is 39.9 Å². The van der Waals surface area contributed by atoms with Crippen molar-refractivity contribution in [1.29, 1.82) is 0 Å². The maximum Gasteiger partial charge on any atom is 0.282 e. The number of halogens is 1. The number of carbonyl (C=O) groups excluding carboxylic acids is 2. The third-order valence-electron chi connectivity index (χ3n) is 19.5. The second-order valence-electron chi connectivity index (χ2n) is 25.5. The number of aliphatic hydroxyl groups is 2. The van der Waals surface area contributed by atoms with Crippen LogP contribution in [-0.2, 0) is 15.0 Å². The number of carbonyl (C=O) groups is 2. The van der Waals surface area contributed by atoms with Crippen molar-refractivity contribution in [2.24, 2.45) is 29.1 Å². The van der Waals surface area contributed by atoms with E-state index in [-0.39, 0.29) is 47.7 Å². The SMILES string of the molecule is Cc1ncsc1-c1ccc([C@H](C)NC(O)[C@@H]2C[C@@H](O)CN2C(=O)[C@@H](NC(=O)C2CCC(CN3CCC(N4CCC(C5=CC6=C(CC5C)n5c(nc(=O)c7c(Cl)cccc75)C65CCCCC5)CC4)CC3)CC2)C(C)(C)C)cc1. The molecule has 3 saturated heterocycles. The first kappa shape index (κ1) is 54.7. The summed E-state index contributed by atoms with van der Waals surface area (Å²) < 4.78 is 2.35. The molecule has 2 saturated carbocycles. The molecule has 0 radical (unpaired) electrons. The fourth-order valence-electron chi connectivity index (χ4n) is 15.1. The van der Waals surface area contributed by atoms with Crippen LogP contribution < -0.4 is 16.2 Å². The largest absolute Gasteiger partial charge is 0.391 e. The van der Waals surface area contributed by atoms with Crippen LogP contribution in [0.1, 0.15) is 154 Å². The molecule has 2 aromatic heterocycles. The molecule has 2 unspecified atom stereocenters. The highest BCUT2D eigenvalue weighted by Gasteiger charge is 2.50. The number of aryl methyl sites for hydroxylation is 1. The van der Waals surface area contributed by atoms with Crippen molar-refractivity contribution in [3.8, 4) is 10.4 Å². The van der Waals surface area contributed by atoms with E-state index in [1.54, 1.807) is 21.8 Å². The van der Waals surface area contributed by atoms with Crippen molar-refractivity contribution in [3.63, 3.8) is 0 Å². The van der Waals surface area contributed by atoms with Gasteiger partial charge in [0.2, 0.25) is 11.8 Å². The van der Waals surface area contributed by atoms with E-state index < -0.39 is 29.8 Å². The van der Waals surface area contributed by atoms with Crippen LogP contribution in [0.25, 0.3) is 27.0 Å². The molecule has 4 aliphatic heterocycles. The maximum absolute atomic E-state index is 14.5. The zero-order chi connectivity index (χ0) is 53.9. The zero-order valence-corrected chi connectivity index (χ0v) is 48.0. The Labute approximate surface area is 464 Å². The van der Waals surface area contributed by atoms with Gasteiger partial charge in [0.05, 0.1) is 49.6 Å². The average molecular weight is 1090 g/mol. The monoisotopic (exact) mass is 1090 g/mol. The molecule has 6 atom stereocenters. The highest BCUT2D eigenvalue weighted by atomic mass is 35.5. The first-order valence-corrected chi connectivity index (χ1v) is 30.6. The van der Waals surface area contributed by atoms with Crippen LogP contribution >= 0.6 is 22.9 Å². The van der Waals surface area contributed by atoms with E-state index in [1.807, 2.05) is 64.4 Å². The lowest BCUT2D eigenvalue weighted by Crippen LogP contribution is -2.59. The Hall–Kier alpha value is -4.28. The Bertz CT molecular complexity index is 2930. The summed E-state index contributed by atoms with van der Waals surface area (Å²) in [6, 6.07) is 13.0. The molecule has 6 heterocycles. The second kappa shape index (κ2) is 22.3. The van der Waals surface area contributed by atoms with Crippen LogP contribution in [0.5, 0.6) is 0 Å². The minimum Gasteiger partial charge on any atom is -0.391 e. The second-order valence-corrected chi connectivity index (χ2v) is 26.8. The number of piperidine rings is 2. The average Bonchev–Trinajstić information content (AvgIpc) is 4.33. The molecule has 0 bridgehead atoms. The normalized spacial score (nSPS) is 26.9. The summed E-state index contributed by atoms with van der Waals surface area (Å²) in [4.78, 5) is 59.6. The fourth-order valence-corrected chi connectivity index (χ4v) is 16.2. The van der Waals surface area contributed by atoms with E-state index >= 15 is 0 Å². The number of thiazole rings is 1. The number of hydrogen-bond donors (Lipinski definition) is 4. The van der Waals surface area contributed by atoms with Gasteiger partial charge in [0, 0.05) is 36.8 Å². The van der Waals surface area contributed by atoms with Crippen molar-refractivity contribution in [2.45, 2.75) is 180 Å². The molecule has 11 rings (SSSR count). The highest BCUT2D eigenvalue weighted by molar-refractivity contribution is 7.13. The van der Waals surface area contributed by atoms with Gasteiger partial charge in [-0.3, -0.25) is 19.7 Å². The van der Waals surface area contributed by atoms with Crippen LogP contribution in [0.4, 0.5) is 0 Å². The molecule has 13 nitrogen and oxygen atoms in total. The number of hydrogen-bond acceptors (Lipinski definition) is 11. The van der Waals surface area contributed by atoms with Crippen molar-refractivity contribution in [3.05, 3.63) is 97.7 Å². The molecule has 4 N–H and O–H groups in total. The summed E-state index contributed by atoms with van der Waals surface area (Å²) in [7, 11) is 0. The van der Waals surface area contributed by atoms with E-state index in [1.165, 1.54) is 43.4 Å². The minimum atomic E-state index is -1.08. The molecule has 77 heavy (non-hydrogen) atoms. The lowest BCUT2D eigenvalue weighted by atomic mass is 9.66. The van der Waals surface area contributed by atoms with Crippen molar-refractivity contribution in [2.75, 3.05) is 39.3 Å². The van der Waals surface area contributed by atoms with Gasteiger partial charge < -0.3 is 34.8 Å².